The van der Waals surface area contributed by atoms with Crippen LogP contribution >= 0.6 is 0 Å². The van der Waals surface area contributed by atoms with Gasteiger partial charge in [0, 0.05) is 5.56 Å². The molecule has 0 aliphatic rings. The number of imidazole rings is 1. The zero-order valence-corrected chi connectivity index (χ0v) is 10.5. The Morgan fingerprint density at radius 3 is 2.50 bits per heavy atom. The minimum Gasteiger partial charge on any atom is -0.461 e. The Morgan fingerprint density at radius 1 is 1.30 bits per heavy atom. The molecule has 0 atom stereocenters. The fourth-order valence-corrected chi connectivity index (χ4v) is 1.76. The molecule has 1 aromatic heterocycles. The number of hydrogen-bond acceptors (Lipinski definition) is 3. The molecular weight excluding hydrogens is 273 g/mol. The molecule has 0 bridgehead atoms. The van der Waals surface area contributed by atoms with Gasteiger partial charge >= 0.3 is 12.3 Å². The number of carbonyl (C=O) groups is 1. The molecule has 106 valence electrons. The van der Waals surface area contributed by atoms with E-state index >= 15 is 0 Å². The number of benzene rings is 1. The Bertz CT molecular complexity index is 606. The number of halogens is 3. The van der Waals surface area contributed by atoms with Crippen molar-refractivity contribution >= 4 is 5.97 Å². The molecule has 0 spiro atoms. The summed E-state index contributed by atoms with van der Waals surface area (Å²) >= 11 is 0. The maximum absolute atomic E-state index is 13.0. The number of rotatable bonds is 3. The number of esters is 1. The minimum atomic E-state index is -4.66. The molecular formula is C13H11F3N2O2. The Balaban J connectivity index is 2.61. The third-order valence-corrected chi connectivity index (χ3v) is 2.56. The second-order valence-electron chi connectivity index (χ2n) is 3.87. The molecule has 0 radical (unpaired) electrons. The summed E-state index contributed by atoms with van der Waals surface area (Å²) in [6.07, 6.45) is -4.09. The second kappa shape index (κ2) is 5.36. The SMILES string of the molecule is CCOC(=O)c1ncn(C(F)(F)F)c1-c1ccccc1. The van der Waals surface area contributed by atoms with Crippen LogP contribution in [-0.4, -0.2) is 22.1 Å². The van der Waals surface area contributed by atoms with Crippen LogP contribution in [0.5, 0.6) is 0 Å². The van der Waals surface area contributed by atoms with E-state index in [9.17, 15) is 18.0 Å². The van der Waals surface area contributed by atoms with Gasteiger partial charge in [-0.25, -0.2) is 14.3 Å². The summed E-state index contributed by atoms with van der Waals surface area (Å²) in [6, 6.07) is 7.78. The molecule has 0 saturated carbocycles. The van der Waals surface area contributed by atoms with Gasteiger partial charge in [-0.2, -0.15) is 0 Å². The molecule has 1 aromatic carbocycles. The van der Waals surface area contributed by atoms with Gasteiger partial charge in [-0.05, 0) is 6.92 Å². The molecule has 0 N–H and O–H groups in total. The van der Waals surface area contributed by atoms with Gasteiger partial charge in [0.05, 0.1) is 12.3 Å². The van der Waals surface area contributed by atoms with Crippen LogP contribution in [0.25, 0.3) is 11.3 Å². The summed E-state index contributed by atoms with van der Waals surface area (Å²) in [7, 11) is 0. The van der Waals surface area contributed by atoms with E-state index in [2.05, 4.69) is 4.98 Å². The van der Waals surface area contributed by atoms with Crippen LogP contribution in [0.2, 0.25) is 0 Å². The van der Waals surface area contributed by atoms with Gasteiger partial charge in [0.15, 0.2) is 5.69 Å². The molecule has 0 fully saturated rings. The quantitative estimate of drug-likeness (QED) is 0.813. The van der Waals surface area contributed by atoms with Crippen LogP contribution in [0, 0.1) is 0 Å². The summed E-state index contributed by atoms with van der Waals surface area (Å²) in [5.74, 6) is -0.880. The van der Waals surface area contributed by atoms with Gasteiger partial charge in [0.1, 0.15) is 6.33 Å². The number of alkyl halides is 3. The molecule has 2 rings (SSSR count). The van der Waals surface area contributed by atoms with E-state index in [1.54, 1.807) is 25.1 Å². The predicted octanol–water partition coefficient (Wildman–Crippen LogP) is 3.20. The molecule has 0 aliphatic heterocycles. The highest BCUT2D eigenvalue weighted by Gasteiger charge is 2.36. The lowest BCUT2D eigenvalue weighted by Gasteiger charge is -2.12. The Kier molecular flexibility index (Phi) is 3.78. The first-order valence-corrected chi connectivity index (χ1v) is 5.82. The molecule has 7 heteroatoms. The highest BCUT2D eigenvalue weighted by molar-refractivity contribution is 5.94. The molecule has 0 amide bonds. The van der Waals surface area contributed by atoms with Gasteiger partial charge in [-0.1, -0.05) is 30.3 Å². The number of aromatic nitrogens is 2. The van der Waals surface area contributed by atoms with Crippen molar-refractivity contribution in [3.8, 4) is 11.3 Å². The Labute approximate surface area is 112 Å². The standard InChI is InChI=1S/C13H11F3N2O2/c1-2-20-12(19)10-11(9-6-4-3-5-7-9)18(8-17-10)13(14,15)16/h3-8H,2H2,1H3. The van der Waals surface area contributed by atoms with E-state index in [1.165, 1.54) is 12.1 Å². The molecule has 20 heavy (non-hydrogen) atoms. The number of hydrogen-bond donors (Lipinski definition) is 0. The van der Waals surface area contributed by atoms with Crippen molar-refractivity contribution < 1.29 is 22.7 Å². The summed E-state index contributed by atoms with van der Waals surface area (Å²) in [5.41, 5.74) is -0.433. The molecule has 0 saturated heterocycles. The van der Waals surface area contributed by atoms with E-state index in [4.69, 9.17) is 4.74 Å². The van der Waals surface area contributed by atoms with Crippen LogP contribution in [0.3, 0.4) is 0 Å². The van der Waals surface area contributed by atoms with Crippen molar-refractivity contribution in [3.63, 3.8) is 0 Å². The minimum absolute atomic E-state index is 0.00852. The van der Waals surface area contributed by atoms with Crippen LogP contribution in [-0.2, 0) is 11.0 Å². The first-order valence-electron chi connectivity index (χ1n) is 5.82. The van der Waals surface area contributed by atoms with Gasteiger partial charge in [0.25, 0.3) is 0 Å². The van der Waals surface area contributed by atoms with E-state index in [0.717, 1.165) is 0 Å². The lowest BCUT2D eigenvalue weighted by Crippen LogP contribution is -2.18. The molecule has 0 aliphatic carbocycles. The zero-order chi connectivity index (χ0) is 14.8. The maximum atomic E-state index is 13.0. The van der Waals surface area contributed by atoms with E-state index in [1.807, 2.05) is 0 Å². The van der Waals surface area contributed by atoms with Crippen molar-refractivity contribution in [2.24, 2.45) is 0 Å². The highest BCUT2D eigenvalue weighted by Crippen LogP contribution is 2.32. The van der Waals surface area contributed by atoms with Crippen LogP contribution in [0.1, 0.15) is 17.4 Å². The van der Waals surface area contributed by atoms with E-state index in [0.29, 0.717) is 6.33 Å². The van der Waals surface area contributed by atoms with E-state index in [-0.39, 0.29) is 28.1 Å². The van der Waals surface area contributed by atoms with Crippen molar-refractivity contribution in [2.75, 3.05) is 6.61 Å². The summed E-state index contributed by atoms with van der Waals surface area (Å²) in [4.78, 5) is 15.3. The molecule has 4 nitrogen and oxygen atoms in total. The maximum Gasteiger partial charge on any atom is 0.490 e. The van der Waals surface area contributed by atoms with Crippen molar-refractivity contribution in [1.82, 2.24) is 9.55 Å². The third kappa shape index (κ3) is 2.66. The van der Waals surface area contributed by atoms with Crippen LogP contribution in [0.4, 0.5) is 13.2 Å². The monoisotopic (exact) mass is 284 g/mol. The van der Waals surface area contributed by atoms with Crippen molar-refractivity contribution in [3.05, 3.63) is 42.4 Å². The molecule has 1 heterocycles. The van der Waals surface area contributed by atoms with Gasteiger partial charge in [-0.15, -0.1) is 13.2 Å². The summed E-state index contributed by atoms with van der Waals surface area (Å²) in [6.45, 7) is 1.63. The average Bonchev–Trinajstić information content (AvgIpc) is 2.84. The zero-order valence-electron chi connectivity index (χ0n) is 10.5. The fraction of sp³-hybridized carbons (Fsp3) is 0.231. The number of nitrogens with zero attached hydrogens (tertiary/aromatic N) is 2. The lowest BCUT2D eigenvalue weighted by atomic mass is 10.1. The fourth-order valence-electron chi connectivity index (χ4n) is 1.76. The smallest absolute Gasteiger partial charge is 0.461 e. The van der Waals surface area contributed by atoms with Crippen LogP contribution < -0.4 is 0 Å². The topological polar surface area (TPSA) is 44.1 Å². The van der Waals surface area contributed by atoms with Crippen molar-refractivity contribution in [1.29, 1.82) is 0 Å². The molecule has 0 unspecified atom stereocenters. The number of ether oxygens (including phenoxy) is 1. The van der Waals surface area contributed by atoms with Crippen molar-refractivity contribution in [2.45, 2.75) is 13.2 Å². The van der Waals surface area contributed by atoms with E-state index < -0.39 is 12.3 Å². The first-order chi connectivity index (χ1) is 9.45. The first kappa shape index (κ1) is 14.1. The van der Waals surface area contributed by atoms with Crippen LogP contribution in [0.15, 0.2) is 36.7 Å². The normalized spacial score (nSPS) is 11.4. The number of carbonyl (C=O) groups excluding carboxylic acids is 1. The largest absolute Gasteiger partial charge is 0.490 e. The summed E-state index contributed by atoms with van der Waals surface area (Å²) < 4.78 is 43.6. The Hall–Kier alpha value is -2.31. The third-order valence-electron chi connectivity index (χ3n) is 2.56. The highest BCUT2D eigenvalue weighted by atomic mass is 19.4. The Morgan fingerprint density at radius 2 is 1.95 bits per heavy atom. The van der Waals surface area contributed by atoms with Gasteiger partial charge in [0.2, 0.25) is 0 Å². The second-order valence-corrected chi connectivity index (χ2v) is 3.87. The average molecular weight is 284 g/mol. The molecule has 2 aromatic rings. The lowest BCUT2D eigenvalue weighted by molar-refractivity contribution is -0.202. The van der Waals surface area contributed by atoms with Gasteiger partial charge < -0.3 is 4.74 Å². The van der Waals surface area contributed by atoms with Gasteiger partial charge in [-0.3, -0.25) is 0 Å². The summed E-state index contributed by atoms with van der Waals surface area (Å²) in [5, 5.41) is 0. The predicted molar refractivity (Wildman–Crippen MR) is 64.9 cm³/mol.